The van der Waals surface area contributed by atoms with Gasteiger partial charge in [-0.15, -0.1) is 5.10 Å². The third kappa shape index (κ3) is 3.34. The van der Waals surface area contributed by atoms with Gasteiger partial charge in [-0.2, -0.15) is 0 Å². The molecule has 9 heteroatoms. The fraction of sp³-hybridized carbons (Fsp3) is 0.222. The van der Waals surface area contributed by atoms with Crippen LogP contribution < -0.4 is 10.2 Å². The number of fused-ring (bicyclic) bond motifs is 1. The number of hydrogen-bond donors (Lipinski definition) is 1. The molecular formula is C18H17BN4O4. The minimum atomic E-state index is -0.936. The fourth-order valence-electron chi connectivity index (χ4n) is 3.02. The number of methoxy groups -OCH3 is 1. The number of aryl methyl sites for hydroxylation is 1. The van der Waals surface area contributed by atoms with Crippen molar-refractivity contribution >= 4 is 18.4 Å². The van der Waals surface area contributed by atoms with Crippen LogP contribution in [0.1, 0.15) is 21.7 Å². The van der Waals surface area contributed by atoms with E-state index in [9.17, 15) is 9.82 Å². The van der Waals surface area contributed by atoms with Gasteiger partial charge in [0.2, 0.25) is 17.5 Å². The Bertz CT molecular complexity index is 1020. The standard InChI is InChI=1S/C18H17BN4O4/c1-23-18(14-4-3-5-16(20-14)26-2)21-17(22-23)15(24)9-11-6-7-12-10-27-19(25)13(12)8-11/h3-8,25H,9-10H2,1-2H3. The lowest BCUT2D eigenvalue weighted by molar-refractivity contribution is 0.0983. The van der Waals surface area contributed by atoms with E-state index < -0.39 is 7.12 Å². The molecule has 27 heavy (non-hydrogen) atoms. The summed E-state index contributed by atoms with van der Waals surface area (Å²) >= 11 is 0. The van der Waals surface area contributed by atoms with E-state index >= 15 is 0 Å². The maximum atomic E-state index is 12.6. The van der Waals surface area contributed by atoms with Crippen molar-refractivity contribution in [2.45, 2.75) is 13.0 Å². The first-order valence-corrected chi connectivity index (χ1v) is 8.42. The highest BCUT2D eigenvalue weighted by Gasteiger charge is 2.27. The second-order valence-electron chi connectivity index (χ2n) is 6.24. The zero-order valence-corrected chi connectivity index (χ0v) is 14.9. The van der Waals surface area contributed by atoms with Crippen LogP contribution in [-0.4, -0.2) is 44.8 Å². The van der Waals surface area contributed by atoms with Gasteiger partial charge in [-0.1, -0.05) is 24.3 Å². The van der Waals surface area contributed by atoms with Crippen molar-refractivity contribution < 1.29 is 19.2 Å². The predicted molar refractivity (Wildman–Crippen MR) is 97.7 cm³/mol. The van der Waals surface area contributed by atoms with Gasteiger partial charge in [0.25, 0.3) is 0 Å². The molecule has 0 radical (unpaired) electrons. The van der Waals surface area contributed by atoms with Gasteiger partial charge in [-0.05, 0) is 22.7 Å². The Morgan fingerprint density at radius 3 is 3.00 bits per heavy atom. The summed E-state index contributed by atoms with van der Waals surface area (Å²) in [5.74, 6) is 0.847. The van der Waals surface area contributed by atoms with Gasteiger partial charge >= 0.3 is 7.12 Å². The van der Waals surface area contributed by atoms with Gasteiger partial charge in [0.15, 0.2) is 5.82 Å². The molecule has 0 saturated carbocycles. The van der Waals surface area contributed by atoms with E-state index in [1.807, 2.05) is 12.1 Å². The predicted octanol–water partition coefficient (Wildman–Crippen LogP) is 0.529. The lowest BCUT2D eigenvalue weighted by atomic mass is 9.78. The number of pyridine rings is 1. The molecule has 1 aliphatic heterocycles. The Labute approximate surface area is 155 Å². The molecule has 8 nitrogen and oxygen atoms in total. The number of ketones is 1. The van der Waals surface area contributed by atoms with Gasteiger partial charge < -0.3 is 14.4 Å². The van der Waals surface area contributed by atoms with Gasteiger partial charge in [0.1, 0.15) is 5.69 Å². The van der Waals surface area contributed by atoms with Gasteiger partial charge in [0, 0.05) is 19.5 Å². The quantitative estimate of drug-likeness (QED) is 0.521. The van der Waals surface area contributed by atoms with E-state index in [1.54, 1.807) is 31.3 Å². The van der Waals surface area contributed by atoms with Crippen molar-refractivity contribution in [3.63, 3.8) is 0 Å². The summed E-state index contributed by atoms with van der Waals surface area (Å²) in [6.07, 6.45) is 0.134. The number of hydrogen-bond acceptors (Lipinski definition) is 7. The maximum absolute atomic E-state index is 12.6. The second kappa shape index (κ2) is 6.94. The minimum absolute atomic E-state index is 0.120. The highest BCUT2D eigenvalue weighted by atomic mass is 16.5. The molecule has 0 atom stereocenters. The van der Waals surface area contributed by atoms with Crippen LogP contribution in [0.2, 0.25) is 0 Å². The molecule has 136 valence electrons. The average molecular weight is 364 g/mol. The van der Waals surface area contributed by atoms with Crippen molar-refractivity contribution in [1.82, 2.24) is 19.7 Å². The van der Waals surface area contributed by atoms with Crippen LogP contribution in [0.15, 0.2) is 36.4 Å². The van der Waals surface area contributed by atoms with Crippen LogP contribution in [0.4, 0.5) is 0 Å². The van der Waals surface area contributed by atoms with Crippen LogP contribution in [0.25, 0.3) is 11.5 Å². The smallest absolute Gasteiger partial charge is 0.481 e. The summed E-state index contributed by atoms with van der Waals surface area (Å²) in [6, 6.07) is 10.8. The van der Waals surface area contributed by atoms with E-state index in [4.69, 9.17) is 9.39 Å². The first-order chi connectivity index (χ1) is 13.0. The summed E-state index contributed by atoms with van der Waals surface area (Å²) in [4.78, 5) is 21.3. The van der Waals surface area contributed by atoms with Crippen molar-refractivity contribution in [2.75, 3.05) is 7.11 Å². The summed E-state index contributed by atoms with van der Waals surface area (Å²) in [7, 11) is 2.31. The number of carbonyl (C=O) groups is 1. The van der Waals surface area contributed by atoms with Crippen molar-refractivity contribution in [3.8, 4) is 17.4 Å². The van der Waals surface area contributed by atoms with Crippen molar-refractivity contribution in [1.29, 1.82) is 0 Å². The van der Waals surface area contributed by atoms with E-state index in [1.165, 1.54) is 11.8 Å². The van der Waals surface area contributed by atoms with E-state index in [0.29, 0.717) is 29.5 Å². The molecule has 4 rings (SSSR count). The van der Waals surface area contributed by atoms with Crippen LogP contribution in [0.3, 0.4) is 0 Å². The largest absolute Gasteiger partial charge is 0.491 e. The number of nitrogens with zero attached hydrogens (tertiary/aromatic N) is 4. The highest BCUT2D eigenvalue weighted by molar-refractivity contribution is 6.61. The normalized spacial score (nSPS) is 12.9. The Kier molecular flexibility index (Phi) is 4.47. The van der Waals surface area contributed by atoms with Crippen molar-refractivity contribution in [3.05, 3.63) is 53.3 Å². The summed E-state index contributed by atoms with van der Waals surface area (Å²) in [5.41, 5.74) is 2.98. The summed E-state index contributed by atoms with van der Waals surface area (Å²) in [5, 5.41) is 14.0. The second-order valence-corrected chi connectivity index (χ2v) is 6.24. The number of aromatic nitrogens is 4. The molecule has 2 aromatic heterocycles. The molecular weight excluding hydrogens is 347 g/mol. The van der Waals surface area contributed by atoms with Gasteiger partial charge in [-0.25, -0.2) is 14.6 Å². The Hall–Kier alpha value is -3.04. The number of carbonyl (C=O) groups excluding carboxylic acids is 1. The molecule has 0 spiro atoms. The molecule has 0 amide bonds. The first kappa shape index (κ1) is 17.4. The molecule has 0 fully saturated rings. The number of ether oxygens (including phenoxy) is 1. The molecule has 1 aliphatic rings. The highest BCUT2D eigenvalue weighted by Crippen LogP contribution is 2.18. The average Bonchev–Trinajstić information content (AvgIpc) is 3.25. The molecule has 0 saturated heterocycles. The molecule has 0 unspecified atom stereocenters. The van der Waals surface area contributed by atoms with Crippen LogP contribution in [0.5, 0.6) is 5.88 Å². The first-order valence-electron chi connectivity index (χ1n) is 8.42. The van der Waals surface area contributed by atoms with Crippen LogP contribution in [0, 0.1) is 0 Å². The molecule has 1 N–H and O–H groups in total. The number of benzene rings is 1. The topological polar surface area (TPSA) is 99.4 Å². The Balaban J connectivity index is 1.57. The summed E-state index contributed by atoms with van der Waals surface area (Å²) in [6.45, 7) is 0.378. The fourth-order valence-corrected chi connectivity index (χ4v) is 3.02. The Morgan fingerprint density at radius 2 is 2.19 bits per heavy atom. The van der Waals surface area contributed by atoms with E-state index in [2.05, 4.69) is 15.1 Å². The molecule has 3 heterocycles. The third-order valence-corrected chi connectivity index (χ3v) is 4.41. The zero-order chi connectivity index (χ0) is 19.0. The lowest BCUT2D eigenvalue weighted by Crippen LogP contribution is -2.28. The molecule has 1 aromatic carbocycles. The van der Waals surface area contributed by atoms with Crippen LogP contribution >= 0.6 is 0 Å². The number of Topliss-reactive ketones (excluding diaryl/α,β-unsaturated/α-hetero) is 1. The molecule has 0 aliphatic carbocycles. The maximum Gasteiger partial charge on any atom is 0.491 e. The van der Waals surface area contributed by atoms with E-state index in [-0.39, 0.29) is 18.0 Å². The van der Waals surface area contributed by atoms with E-state index in [0.717, 1.165) is 11.1 Å². The summed E-state index contributed by atoms with van der Waals surface area (Å²) < 4.78 is 11.8. The third-order valence-electron chi connectivity index (χ3n) is 4.41. The Morgan fingerprint density at radius 1 is 1.33 bits per heavy atom. The molecule has 0 bridgehead atoms. The minimum Gasteiger partial charge on any atom is -0.481 e. The van der Waals surface area contributed by atoms with Crippen LogP contribution in [-0.2, 0) is 24.7 Å². The number of rotatable bonds is 5. The SMILES string of the molecule is COc1cccc(-c2nc(C(=O)Cc3ccc4c(c3)B(O)OC4)nn2C)n1. The van der Waals surface area contributed by atoms with Crippen molar-refractivity contribution in [2.24, 2.45) is 7.05 Å². The lowest BCUT2D eigenvalue weighted by Gasteiger charge is -2.03. The van der Waals surface area contributed by atoms with Gasteiger partial charge in [-0.3, -0.25) is 4.79 Å². The van der Waals surface area contributed by atoms with Gasteiger partial charge in [0.05, 0.1) is 13.7 Å². The monoisotopic (exact) mass is 364 g/mol. The molecule has 3 aromatic rings. The zero-order valence-electron chi connectivity index (χ0n) is 14.9.